The number of hydrogen-bond donors (Lipinski definition) is 1. The molecule has 4 heteroatoms. The number of rotatable bonds is 7. The van der Waals surface area contributed by atoms with Crippen LogP contribution >= 0.6 is 0 Å². The topological polar surface area (TPSA) is 55.4 Å². The Bertz CT molecular complexity index is 954. The summed E-state index contributed by atoms with van der Waals surface area (Å²) < 4.78 is 5.52. The largest absolute Gasteiger partial charge is 0.449 e. The molecule has 146 valence electrons. The van der Waals surface area contributed by atoms with Crippen molar-refractivity contribution in [3.8, 4) is 11.1 Å². The van der Waals surface area contributed by atoms with Crippen molar-refractivity contribution < 1.29 is 14.3 Å². The normalized spacial score (nSPS) is 13.2. The van der Waals surface area contributed by atoms with Crippen LogP contribution in [0.5, 0.6) is 0 Å². The molecule has 0 spiro atoms. The summed E-state index contributed by atoms with van der Waals surface area (Å²) in [4.78, 5) is 23.7. The molecule has 0 bridgehead atoms. The number of ether oxygens (including phenoxy) is 1. The standard InChI is InChI=1S/C25H23NO3/c27-16-19(15-14-18-8-2-1-3-9-18)26-25(28)29-17-24-22-12-6-4-10-20(22)21-11-5-7-13-23(21)24/h1-13,16,19,24H,14-15,17H2,(H,26,28)/t19-/m1/s1. The van der Waals surface area contributed by atoms with Crippen molar-refractivity contribution in [2.75, 3.05) is 6.61 Å². The van der Waals surface area contributed by atoms with Crippen LogP contribution < -0.4 is 5.32 Å². The quantitative estimate of drug-likeness (QED) is 0.599. The van der Waals surface area contributed by atoms with Crippen LogP contribution in [-0.2, 0) is 16.0 Å². The molecule has 3 aromatic carbocycles. The van der Waals surface area contributed by atoms with Crippen molar-refractivity contribution in [3.05, 3.63) is 95.6 Å². The zero-order valence-electron chi connectivity index (χ0n) is 16.1. The smallest absolute Gasteiger partial charge is 0.407 e. The third kappa shape index (κ3) is 4.21. The fraction of sp³-hybridized carbons (Fsp3) is 0.200. The lowest BCUT2D eigenvalue weighted by molar-refractivity contribution is -0.109. The van der Waals surface area contributed by atoms with Gasteiger partial charge >= 0.3 is 6.09 Å². The summed E-state index contributed by atoms with van der Waals surface area (Å²) in [6, 6.07) is 25.7. The molecule has 1 amide bonds. The van der Waals surface area contributed by atoms with Crippen LogP contribution in [-0.4, -0.2) is 25.0 Å². The van der Waals surface area contributed by atoms with Crippen molar-refractivity contribution in [1.82, 2.24) is 5.32 Å². The monoisotopic (exact) mass is 385 g/mol. The molecule has 0 saturated heterocycles. The molecule has 0 heterocycles. The highest BCUT2D eigenvalue weighted by atomic mass is 16.5. The summed E-state index contributed by atoms with van der Waals surface area (Å²) in [7, 11) is 0. The van der Waals surface area contributed by atoms with Crippen LogP contribution in [0, 0.1) is 0 Å². The number of alkyl carbamates (subject to hydrolysis) is 1. The Labute approximate surface area is 170 Å². The summed E-state index contributed by atoms with van der Waals surface area (Å²) in [5.74, 6) is 0.00662. The third-order valence-electron chi connectivity index (χ3n) is 5.40. The maximum atomic E-state index is 12.3. The van der Waals surface area contributed by atoms with E-state index in [2.05, 4.69) is 29.6 Å². The summed E-state index contributed by atoms with van der Waals surface area (Å²) >= 11 is 0. The zero-order valence-corrected chi connectivity index (χ0v) is 16.1. The molecule has 0 saturated carbocycles. The van der Waals surface area contributed by atoms with Gasteiger partial charge in [0.25, 0.3) is 0 Å². The van der Waals surface area contributed by atoms with Gasteiger partial charge in [-0.2, -0.15) is 0 Å². The first-order valence-corrected chi connectivity index (χ1v) is 9.87. The van der Waals surface area contributed by atoms with E-state index in [4.69, 9.17) is 4.74 Å². The average Bonchev–Trinajstić information content (AvgIpc) is 3.09. The molecule has 0 aromatic heterocycles. The lowest BCUT2D eigenvalue weighted by atomic mass is 9.98. The Morgan fingerprint density at radius 2 is 1.48 bits per heavy atom. The number of aryl methyl sites for hydroxylation is 1. The van der Waals surface area contributed by atoms with Gasteiger partial charge in [-0.15, -0.1) is 0 Å². The van der Waals surface area contributed by atoms with E-state index in [1.54, 1.807) is 0 Å². The van der Waals surface area contributed by atoms with Crippen LogP contribution in [0.15, 0.2) is 78.9 Å². The van der Waals surface area contributed by atoms with E-state index < -0.39 is 12.1 Å². The molecule has 1 aliphatic rings. The molecule has 1 aliphatic carbocycles. The van der Waals surface area contributed by atoms with Crippen LogP contribution in [0.1, 0.15) is 29.0 Å². The van der Waals surface area contributed by atoms with E-state index in [-0.39, 0.29) is 12.5 Å². The molecule has 0 fully saturated rings. The van der Waals surface area contributed by atoms with E-state index in [0.29, 0.717) is 12.8 Å². The molecule has 0 unspecified atom stereocenters. The summed E-state index contributed by atoms with van der Waals surface area (Å²) in [5, 5.41) is 2.68. The Morgan fingerprint density at radius 1 is 0.897 bits per heavy atom. The second kappa shape index (κ2) is 8.74. The first kappa shape index (κ1) is 18.9. The van der Waals surface area contributed by atoms with Crippen molar-refractivity contribution >= 4 is 12.4 Å². The maximum absolute atomic E-state index is 12.3. The second-order valence-corrected chi connectivity index (χ2v) is 7.24. The highest BCUT2D eigenvalue weighted by molar-refractivity contribution is 5.79. The number of carbonyl (C=O) groups excluding carboxylic acids is 2. The van der Waals surface area contributed by atoms with Crippen LogP contribution in [0.3, 0.4) is 0 Å². The number of benzene rings is 3. The van der Waals surface area contributed by atoms with E-state index >= 15 is 0 Å². The molecule has 1 atom stereocenters. The first-order valence-electron chi connectivity index (χ1n) is 9.87. The Kier molecular flexibility index (Phi) is 5.71. The van der Waals surface area contributed by atoms with Crippen LogP contribution in [0.2, 0.25) is 0 Å². The average molecular weight is 385 g/mol. The zero-order chi connectivity index (χ0) is 20.1. The van der Waals surface area contributed by atoms with Gasteiger partial charge in [0.1, 0.15) is 12.9 Å². The minimum atomic E-state index is -0.564. The van der Waals surface area contributed by atoms with Gasteiger partial charge in [-0.1, -0.05) is 78.9 Å². The van der Waals surface area contributed by atoms with E-state index in [1.807, 2.05) is 54.6 Å². The lowest BCUT2D eigenvalue weighted by Crippen LogP contribution is -2.37. The van der Waals surface area contributed by atoms with Gasteiger partial charge in [0.15, 0.2) is 0 Å². The lowest BCUT2D eigenvalue weighted by Gasteiger charge is -2.16. The second-order valence-electron chi connectivity index (χ2n) is 7.24. The minimum absolute atomic E-state index is 0.00662. The highest BCUT2D eigenvalue weighted by Gasteiger charge is 2.29. The predicted octanol–water partition coefficient (Wildman–Crippen LogP) is 4.73. The van der Waals surface area contributed by atoms with Crippen molar-refractivity contribution in [2.45, 2.75) is 24.8 Å². The number of aldehydes is 1. The maximum Gasteiger partial charge on any atom is 0.407 e. The molecule has 29 heavy (non-hydrogen) atoms. The molecular weight excluding hydrogens is 362 g/mol. The van der Waals surface area contributed by atoms with Crippen molar-refractivity contribution in [2.24, 2.45) is 0 Å². The van der Waals surface area contributed by atoms with Crippen LogP contribution in [0.4, 0.5) is 4.79 Å². The fourth-order valence-corrected chi connectivity index (χ4v) is 3.93. The number of amides is 1. The summed E-state index contributed by atoms with van der Waals surface area (Å²) in [6.07, 6.45) is 1.47. The van der Waals surface area contributed by atoms with Gasteiger partial charge in [-0.05, 0) is 40.7 Å². The summed E-state index contributed by atoms with van der Waals surface area (Å²) in [6.45, 7) is 0.240. The summed E-state index contributed by atoms with van der Waals surface area (Å²) in [5.41, 5.74) is 5.83. The Hall–Kier alpha value is -3.40. The van der Waals surface area contributed by atoms with Gasteiger partial charge in [-0.3, -0.25) is 0 Å². The fourth-order valence-electron chi connectivity index (χ4n) is 3.93. The molecule has 0 radical (unpaired) electrons. The SMILES string of the molecule is O=C[C@@H](CCc1ccccc1)NC(=O)OCC1c2ccccc2-c2ccccc21. The molecule has 3 aromatic rings. The van der Waals surface area contributed by atoms with Crippen molar-refractivity contribution in [3.63, 3.8) is 0 Å². The highest BCUT2D eigenvalue weighted by Crippen LogP contribution is 2.44. The molecular formula is C25H23NO3. The third-order valence-corrected chi connectivity index (χ3v) is 5.40. The van der Waals surface area contributed by atoms with E-state index in [0.717, 1.165) is 23.0 Å². The molecule has 0 aliphatic heterocycles. The first-order chi connectivity index (χ1) is 14.3. The van der Waals surface area contributed by atoms with Crippen molar-refractivity contribution in [1.29, 1.82) is 0 Å². The number of fused-ring (bicyclic) bond motifs is 3. The molecule has 4 rings (SSSR count). The van der Waals surface area contributed by atoms with Gasteiger partial charge in [0.2, 0.25) is 0 Å². The van der Waals surface area contributed by atoms with E-state index in [9.17, 15) is 9.59 Å². The Morgan fingerprint density at radius 3 is 2.10 bits per heavy atom. The predicted molar refractivity (Wildman–Crippen MR) is 113 cm³/mol. The molecule has 1 N–H and O–H groups in total. The number of hydrogen-bond acceptors (Lipinski definition) is 3. The Balaban J connectivity index is 1.36. The van der Waals surface area contributed by atoms with E-state index in [1.165, 1.54) is 11.1 Å². The van der Waals surface area contributed by atoms with Gasteiger partial charge in [0.05, 0.1) is 6.04 Å². The van der Waals surface area contributed by atoms with Gasteiger partial charge < -0.3 is 14.8 Å². The van der Waals surface area contributed by atoms with Crippen LogP contribution in [0.25, 0.3) is 11.1 Å². The molecule has 4 nitrogen and oxygen atoms in total. The van der Waals surface area contributed by atoms with Gasteiger partial charge in [0, 0.05) is 5.92 Å². The minimum Gasteiger partial charge on any atom is -0.449 e. The van der Waals surface area contributed by atoms with Gasteiger partial charge in [-0.25, -0.2) is 4.79 Å². The number of carbonyl (C=O) groups is 2. The number of nitrogens with one attached hydrogen (secondary N) is 1.